The van der Waals surface area contributed by atoms with Crippen molar-refractivity contribution in [3.05, 3.63) is 120 Å². The van der Waals surface area contributed by atoms with Crippen molar-refractivity contribution in [2.45, 2.75) is 6.54 Å². The fraction of sp³-hybridized carbons (Fsp3) is 0.143. The Morgan fingerprint density at radius 1 is 0.818 bits per heavy atom. The number of hydrogen-bond donors (Lipinski definition) is 3. The van der Waals surface area contributed by atoms with Crippen LogP contribution in [0.2, 0.25) is 0 Å². The van der Waals surface area contributed by atoms with Gasteiger partial charge in [-0.1, -0.05) is 66.7 Å². The lowest BCUT2D eigenvalue weighted by Gasteiger charge is -2.11. The number of aromatic carboxylic acids is 1. The minimum Gasteiger partial charge on any atom is -0.478 e. The zero-order chi connectivity index (χ0) is 22.9. The highest BCUT2D eigenvalue weighted by molar-refractivity contribution is 5.89. The van der Waals surface area contributed by atoms with Crippen molar-refractivity contribution in [3.8, 4) is 0 Å². The third kappa shape index (κ3) is 5.92. The van der Waals surface area contributed by atoms with E-state index in [-0.39, 0.29) is 5.56 Å². The fourth-order valence-electron chi connectivity index (χ4n) is 3.83. The van der Waals surface area contributed by atoms with Crippen LogP contribution in [0.1, 0.15) is 27.0 Å². The van der Waals surface area contributed by atoms with E-state index in [1.807, 2.05) is 42.7 Å². The molecule has 0 radical (unpaired) electrons. The zero-order valence-corrected chi connectivity index (χ0v) is 18.4. The van der Waals surface area contributed by atoms with Gasteiger partial charge >= 0.3 is 5.97 Å². The molecule has 0 unspecified atom stereocenters. The summed E-state index contributed by atoms with van der Waals surface area (Å²) in [5.74, 6) is -0.916. The predicted octanol–water partition coefficient (Wildman–Crippen LogP) is 4.74. The second kappa shape index (κ2) is 11.2. The van der Waals surface area contributed by atoms with Gasteiger partial charge in [-0.15, -0.1) is 0 Å². The van der Waals surface area contributed by atoms with Crippen LogP contribution in [-0.4, -0.2) is 35.7 Å². The van der Waals surface area contributed by atoms with E-state index in [9.17, 15) is 4.79 Å². The first-order valence-electron chi connectivity index (χ1n) is 11.0. The maximum atomic E-state index is 11.2. The Bertz CT molecular complexity index is 1230. The van der Waals surface area contributed by atoms with Crippen LogP contribution >= 0.6 is 0 Å². The molecule has 166 valence electrons. The van der Waals surface area contributed by atoms with Gasteiger partial charge in [-0.25, -0.2) is 4.79 Å². The van der Waals surface area contributed by atoms with Gasteiger partial charge in [0.1, 0.15) is 0 Å². The van der Waals surface area contributed by atoms with E-state index in [1.165, 1.54) is 10.9 Å². The molecule has 5 nitrogen and oxygen atoms in total. The Morgan fingerprint density at radius 2 is 1.55 bits per heavy atom. The van der Waals surface area contributed by atoms with Crippen LogP contribution in [0.15, 0.2) is 97.3 Å². The molecule has 0 aliphatic carbocycles. The summed E-state index contributed by atoms with van der Waals surface area (Å²) in [7, 11) is 0. The van der Waals surface area contributed by atoms with E-state index in [0.29, 0.717) is 6.54 Å². The van der Waals surface area contributed by atoms with Crippen molar-refractivity contribution in [3.63, 3.8) is 0 Å². The average molecular weight is 438 g/mol. The summed E-state index contributed by atoms with van der Waals surface area (Å²) in [4.78, 5) is 15.4. The van der Waals surface area contributed by atoms with Gasteiger partial charge in [0.25, 0.3) is 0 Å². The maximum absolute atomic E-state index is 11.2. The van der Waals surface area contributed by atoms with Crippen molar-refractivity contribution in [1.82, 2.24) is 15.6 Å². The number of pyridine rings is 1. The summed E-state index contributed by atoms with van der Waals surface area (Å²) in [6.07, 6.45) is 5.88. The Kier molecular flexibility index (Phi) is 7.59. The molecule has 1 heterocycles. The molecule has 4 rings (SSSR count). The SMILES string of the molecule is O=C(O)c1ccc(/C(=C/CNCCNCc2cccc3cnccc23)c2ccccc2)cc1. The third-order valence-corrected chi connectivity index (χ3v) is 5.54. The predicted molar refractivity (Wildman–Crippen MR) is 133 cm³/mol. The molecule has 3 aromatic carbocycles. The number of benzene rings is 3. The van der Waals surface area contributed by atoms with Crippen molar-refractivity contribution >= 4 is 22.3 Å². The summed E-state index contributed by atoms with van der Waals surface area (Å²) < 4.78 is 0. The van der Waals surface area contributed by atoms with Crippen molar-refractivity contribution in [2.75, 3.05) is 19.6 Å². The molecule has 0 aliphatic rings. The lowest BCUT2D eigenvalue weighted by molar-refractivity contribution is 0.0697. The molecule has 33 heavy (non-hydrogen) atoms. The molecule has 3 N–H and O–H groups in total. The van der Waals surface area contributed by atoms with Crippen LogP contribution in [0.3, 0.4) is 0 Å². The molecular weight excluding hydrogens is 410 g/mol. The summed E-state index contributed by atoms with van der Waals surface area (Å²) in [5.41, 5.74) is 4.74. The second-order valence-electron chi connectivity index (χ2n) is 7.76. The summed E-state index contributed by atoms with van der Waals surface area (Å²) in [6.45, 7) is 3.21. The molecule has 0 spiro atoms. The standard InChI is InChI=1S/C28H27N3O2/c32-28(33)23-11-9-22(10-12-23)26(21-5-2-1-3-6-21)13-15-29-17-18-31-20-25-8-4-7-24-19-30-16-14-27(24)25/h1-14,16,19,29,31H,15,17-18,20H2,(H,32,33)/b26-13+. The zero-order valence-electron chi connectivity index (χ0n) is 18.4. The average Bonchev–Trinajstić information content (AvgIpc) is 2.86. The number of aromatic nitrogens is 1. The van der Waals surface area contributed by atoms with Gasteiger partial charge in [0.15, 0.2) is 0 Å². The molecule has 1 aromatic heterocycles. The van der Waals surface area contributed by atoms with Crippen molar-refractivity contribution in [1.29, 1.82) is 0 Å². The van der Waals surface area contributed by atoms with Crippen LogP contribution in [-0.2, 0) is 6.54 Å². The Labute approximate surface area is 193 Å². The molecule has 0 bridgehead atoms. The van der Waals surface area contributed by atoms with Crippen LogP contribution < -0.4 is 10.6 Å². The number of carboxylic acids is 1. The Balaban J connectivity index is 1.33. The second-order valence-corrected chi connectivity index (χ2v) is 7.76. The number of rotatable bonds is 10. The molecule has 0 saturated carbocycles. The number of carboxylic acid groups (broad SMARTS) is 1. The molecular formula is C28H27N3O2. The van der Waals surface area contributed by atoms with Gasteiger partial charge in [0.05, 0.1) is 5.56 Å². The lowest BCUT2D eigenvalue weighted by atomic mass is 9.96. The van der Waals surface area contributed by atoms with Crippen LogP contribution in [0.25, 0.3) is 16.3 Å². The largest absolute Gasteiger partial charge is 0.478 e. The number of nitrogens with zero attached hydrogens (tertiary/aromatic N) is 1. The minimum absolute atomic E-state index is 0.290. The van der Waals surface area contributed by atoms with E-state index >= 15 is 0 Å². The Hall–Kier alpha value is -3.80. The third-order valence-electron chi connectivity index (χ3n) is 5.54. The van der Waals surface area contributed by atoms with Crippen molar-refractivity contribution < 1.29 is 9.90 Å². The van der Waals surface area contributed by atoms with E-state index in [1.54, 1.807) is 12.1 Å². The van der Waals surface area contributed by atoms with Crippen LogP contribution in [0.4, 0.5) is 0 Å². The maximum Gasteiger partial charge on any atom is 0.335 e. The number of fused-ring (bicyclic) bond motifs is 1. The summed E-state index contributed by atoms with van der Waals surface area (Å²) >= 11 is 0. The molecule has 0 aliphatic heterocycles. The highest BCUT2D eigenvalue weighted by atomic mass is 16.4. The highest BCUT2D eigenvalue weighted by Gasteiger charge is 2.07. The van der Waals surface area contributed by atoms with Gasteiger partial charge < -0.3 is 15.7 Å². The van der Waals surface area contributed by atoms with Crippen molar-refractivity contribution in [2.24, 2.45) is 0 Å². The molecule has 0 amide bonds. The van der Waals surface area contributed by atoms with Gasteiger partial charge in [0, 0.05) is 44.0 Å². The van der Waals surface area contributed by atoms with E-state index < -0.39 is 5.97 Å². The van der Waals surface area contributed by atoms with Gasteiger partial charge in [-0.2, -0.15) is 0 Å². The fourth-order valence-corrected chi connectivity index (χ4v) is 3.83. The smallest absolute Gasteiger partial charge is 0.335 e. The van der Waals surface area contributed by atoms with Crippen LogP contribution in [0, 0.1) is 0 Å². The van der Waals surface area contributed by atoms with Gasteiger partial charge in [0.2, 0.25) is 0 Å². The van der Waals surface area contributed by atoms with Crippen LogP contribution in [0.5, 0.6) is 0 Å². The first kappa shape index (κ1) is 22.4. The summed E-state index contributed by atoms with van der Waals surface area (Å²) in [5, 5.41) is 18.5. The normalized spacial score (nSPS) is 11.6. The number of nitrogens with one attached hydrogen (secondary N) is 2. The monoisotopic (exact) mass is 437 g/mol. The molecule has 0 fully saturated rings. The molecule has 0 atom stereocenters. The quantitative estimate of drug-likeness (QED) is 0.313. The van der Waals surface area contributed by atoms with E-state index in [4.69, 9.17) is 5.11 Å². The minimum atomic E-state index is -0.916. The summed E-state index contributed by atoms with van der Waals surface area (Å²) in [6, 6.07) is 25.5. The van der Waals surface area contributed by atoms with E-state index in [2.05, 4.69) is 58.1 Å². The highest BCUT2D eigenvalue weighted by Crippen LogP contribution is 2.23. The van der Waals surface area contributed by atoms with E-state index in [0.717, 1.165) is 41.7 Å². The molecule has 5 heteroatoms. The van der Waals surface area contributed by atoms with Gasteiger partial charge in [-0.3, -0.25) is 4.98 Å². The Morgan fingerprint density at radius 3 is 2.33 bits per heavy atom. The lowest BCUT2D eigenvalue weighted by Crippen LogP contribution is -2.27. The molecule has 4 aromatic rings. The first-order valence-corrected chi connectivity index (χ1v) is 11.0. The topological polar surface area (TPSA) is 74.2 Å². The number of hydrogen-bond acceptors (Lipinski definition) is 4. The van der Waals surface area contributed by atoms with Gasteiger partial charge in [-0.05, 0) is 45.8 Å². The first-order chi connectivity index (χ1) is 16.2. The molecule has 0 saturated heterocycles. The number of carbonyl (C=O) groups is 1.